The fourth-order valence-corrected chi connectivity index (χ4v) is 3.55. The van der Waals surface area contributed by atoms with Crippen LogP contribution >= 0.6 is 0 Å². The predicted molar refractivity (Wildman–Crippen MR) is 78.9 cm³/mol. The molecule has 2 N–H and O–H groups in total. The van der Waals surface area contributed by atoms with Crippen molar-refractivity contribution in [2.75, 3.05) is 13.1 Å². The van der Waals surface area contributed by atoms with Crippen molar-refractivity contribution in [1.82, 2.24) is 10.6 Å². The van der Waals surface area contributed by atoms with Crippen LogP contribution in [0.15, 0.2) is 0 Å². The Hall–Kier alpha value is -0.570. The second-order valence-electron chi connectivity index (χ2n) is 6.70. The van der Waals surface area contributed by atoms with Crippen molar-refractivity contribution >= 4 is 5.91 Å². The lowest BCUT2D eigenvalue weighted by Crippen LogP contribution is -2.47. The van der Waals surface area contributed by atoms with Crippen LogP contribution in [0.1, 0.15) is 58.8 Å². The van der Waals surface area contributed by atoms with E-state index >= 15 is 0 Å². The summed E-state index contributed by atoms with van der Waals surface area (Å²) in [5, 5.41) is 6.56. The molecular formula is C16H30N2O. The zero-order valence-electron chi connectivity index (χ0n) is 12.6. The van der Waals surface area contributed by atoms with Gasteiger partial charge in [-0.2, -0.15) is 0 Å². The molecule has 19 heavy (non-hydrogen) atoms. The maximum absolute atomic E-state index is 12.2. The van der Waals surface area contributed by atoms with Crippen LogP contribution in [-0.2, 0) is 4.79 Å². The lowest BCUT2D eigenvalue weighted by atomic mass is 9.81. The first-order valence-corrected chi connectivity index (χ1v) is 8.18. The zero-order chi connectivity index (χ0) is 13.7. The van der Waals surface area contributed by atoms with E-state index in [9.17, 15) is 4.79 Å². The predicted octanol–water partition coefficient (Wildman–Crippen LogP) is 2.71. The number of piperidine rings is 1. The van der Waals surface area contributed by atoms with Crippen molar-refractivity contribution in [1.29, 1.82) is 0 Å². The first kappa shape index (κ1) is 14.8. The standard InChI is InChI=1S/C16H30N2O/c1-12-5-7-14(8-6-12)9-11-18-16(19)15-4-3-10-17-13(15)2/h12-15,17H,3-11H2,1-2H3,(H,18,19). The van der Waals surface area contributed by atoms with Crippen molar-refractivity contribution < 1.29 is 4.79 Å². The summed E-state index contributed by atoms with van der Waals surface area (Å²) in [7, 11) is 0. The Morgan fingerprint density at radius 3 is 2.58 bits per heavy atom. The Labute approximate surface area is 117 Å². The highest BCUT2D eigenvalue weighted by Gasteiger charge is 2.27. The van der Waals surface area contributed by atoms with Gasteiger partial charge in [0.15, 0.2) is 0 Å². The molecule has 2 rings (SSSR count). The number of nitrogens with one attached hydrogen (secondary N) is 2. The third kappa shape index (κ3) is 4.48. The van der Waals surface area contributed by atoms with Gasteiger partial charge in [0.2, 0.25) is 5.91 Å². The molecule has 2 aliphatic rings. The van der Waals surface area contributed by atoms with Crippen molar-refractivity contribution in [3.63, 3.8) is 0 Å². The van der Waals surface area contributed by atoms with Crippen molar-refractivity contribution in [2.24, 2.45) is 17.8 Å². The Kier molecular flexibility index (Phi) is 5.68. The van der Waals surface area contributed by atoms with Crippen LogP contribution in [0.4, 0.5) is 0 Å². The quantitative estimate of drug-likeness (QED) is 0.821. The van der Waals surface area contributed by atoms with Crippen molar-refractivity contribution in [3.05, 3.63) is 0 Å². The number of rotatable bonds is 4. The van der Waals surface area contributed by atoms with Gasteiger partial charge in [-0.25, -0.2) is 0 Å². The van der Waals surface area contributed by atoms with E-state index in [-0.39, 0.29) is 11.8 Å². The van der Waals surface area contributed by atoms with Gasteiger partial charge in [-0.15, -0.1) is 0 Å². The van der Waals surface area contributed by atoms with E-state index in [4.69, 9.17) is 0 Å². The number of carbonyl (C=O) groups is 1. The molecule has 1 aliphatic heterocycles. The lowest BCUT2D eigenvalue weighted by molar-refractivity contribution is -0.126. The van der Waals surface area contributed by atoms with Crippen molar-refractivity contribution in [3.8, 4) is 0 Å². The monoisotopic (exact) mass is 266 g/mol. The van der Waals surface area contributed by atoms with E-state index in [2.05, 4.69) is 24.5 Å². The minimum absolute atomic E-state index is 0.181. The molecule has 0 spiro atoms. The third-order valence-corrected chi connectivity index (χ3v) is 5.09. The summed E-state index contributed by atoms with van der Waals surface area (Å²) in [5.41, 5.74) is 0. The maximum atomic E-state index is 12.2. The second kappa shape index (κ2) is 7.28. The van der Waals surface area contributed by atoms with E-state index in [1.165, 1.54) is 32.1 Å². The smallest absolute Gasteiger partial charge is 0.224 e. The van der Waals surface area contributed by atoms with Gasteiger partial charge >= 0.3 is 0 Å². The lowest BCUT2D eigenvalue weighted by Gasteiger charge is -2.29. The minimum Gasteiger partial charge on any atom is -0.356 e. The molecule has 110 valence electrons. The van der Waals surface area contributed by atoms with E-state index in [0.717, 1.165) is 37.8 Å². The molecule has 2 atom stereocenters. The molecule has 1 aliphatic carbocycles. The van der Waals surface area contributed by atoms with Crippen LogP contribution in [0.3, 0.4) is 0 Å². The molecule has 0 aromatic rings. The number of amides is 1. The molecule has 1 saturated carbocycles. The van der Waals surface area contributed by atoms with Crippen LogP contribution < -0.4 is 10.6 Å². The highest BCUT2D eigenvalue weighted by molar-refractivity contribution is 5.79. The molecule has 0 aromatic carbocycles. The van der Waals surface area contributed by atoms with Gasteiger partial charge < -0.3 is 10.6 Å². The topological polar surface area (TPSA) is 41.1 Å². The molecule has 0 bridgehead atoms. The van der Waals surface area contributed by atoms with Gasteiger partial charge in [-0.05, 0) is 44.6 Å². The highest BCUT2D eigenvalue weighted by Crippen LogP contribution is 2.30. The van der Waals surface area contributed by atoms with Gasteiger partial charge in [0.25, 0.3) is 0 Å². The number of hydrogen-bond donors (Lipinski definition) is 2. The van der Waals surface area contributed by atoms with Gasteiger partial charge in [0.1, 0.15) is 0 Å². The fraction of sp³-hybridized carbons (Fsp3) is 0.938. The van der Waals surface area contributed by atoms with Crippen LogP contribution in [0.5, 0.6) is 0 Å². The van der Waals surface area contributed by atoms with E-state index in [0.29, 0.717) is 6.04 Å². The van der Waals surface area contributed by atoms with Gasteiger partial charge in [0, 0.05) is 12.6 Å². The first-order valence-electron chi connectivity index (χ1n) is 8.18. The minimum atomic E-state index is 0.181. The van der Waals surface area contributed by atoms with Crippen LogP contribution in [0, 0.1) is 17.8 Å². The van der Waals surface area contributed by atoms with Gasteiger partial charge in [-0.1, -0.05) is 32.6 Å². The fourth-order valence-electron chi connectivity index (χ4n) is 3.55. The molecule has 1 saturated heterocycles. The van der Waals surface area contributed by atoms with Gasteiger partial charge in [0.05, 0.1) is 5.92 Å². The van der Waals surface area contributed by atoms with Crippen molar-refractivity contribution in [2.45, 2.75) is 64.8 Å². The zero-order valence-corrected chi connectivity index (χ0v) is 12.6. The highest BCUT2D eigenvalue weighted by atomic mass is 16.1. The van der Waals surface area contributed by atoms with E-state index < -0.39 is 0 Å². The number of carbonyl (C=O) groups excluding carboxylic acids is 1. The Balaban J connectivity index is 1.63. The summed E-state index contributed by atoms with van der Waals surface area (Å²) < 4.78 is 0. The third-order valence-electron chi connectivity index (χ3n) is 5.09. The van der Waals surface area contributed by atoms with Crippen LogP contribution in [0.25, 0.3) is 0 Å². The summed E-state index contributed by atoms with van der Waals surface area (Å²) in [6.07, 6.45) is 8.82. The molecule has 3 heteroatoms. The molecular weight excluding hydrogens is 236 g/mol. The second-order valence-corrected chi connectivity index (χ2v) is 6.70. The molecule has 1 amide bonds. The summed E-state index contributed by atoms with van der Waals surface area (Å²) in [6, 6.07) is 0.337. The van der Waals surface area contributed by atoms with E-state index in [1.54, 1.807) is 0 Å². The molecule has 1 heterocycles. The summed E-state index contributed by atoms with van der Waals surface area (Å²) in [4.78, 5) is 12.2. The average molecular weight is 266 g/mol. The molecule has 2 unspecified atom stereocenters. The largest absolute Gasteiger partial charge is 0.356 e. The maximum Gasteiger partial charge on any atom is 0.224 e. The first-order chi connectivity index (χ1) is 9.16. The Morgan fingerprint density at radius 2 is 1.89 bits per heavy atom. The average Bonchev–Trinajstić information content (AvgIpc) is 2.41. The SMILES string of the molecule is CC1CCC(CCNC(=O)C2CCCNC2C)CC1. The number of hydrogen-bond acceptors (Lipinski definition) is 2. The summed E-state index contributed by atoms with van der Waals surface area (Å²) >= 11 is 0. The van der Waals surface area contributed by atoms with E-state index in [1.807, 2.05) is 0 Å². The normalized spacial score (nSPS) is 35.9. The van der Waals surface area contributed by atoms with Gasteiger partial charge in [-0.3, -0.25) is 4.79 Å². The molecule has 3 nitrogen and oxygen atoms in total. The summed E-state index contributed by atoms with van der Waals surface area (Å²) in [6.45, 7) is 6.42. The Morgan fingerprint density at radius 1 is 1.16 bits per heavy atom. The molecule has 0 aromatic heterocycles. The Bertz CT molecular complexity index is 284. The molecule has 2 fully saturated rings. The van der Waals surface area contributed by atoms with Crippen LogP contribution in [-0.4, -0.2) is 25.0 Å². The summed E-state index contributed by atoms with van der Waals surface area (Å²) in [5.74, 6) is 2.21. The van der Waals surface area contributed by atoms with Crippen LogP contribution in [0.2, 0.25) is 0 Å². The molecule has 0 radical (unpaired) electrons.